The number of ether oxygens (including phenoxy) is 3. The van der Waals surface area contributed by atoms with Crippen molar-refractivity contribution >= 4 is 23.9 Å². The zero-order valence-electron chi connectivity index (χ0n) is 20.2. The summed E-state index contributed by atoms with van der Waals surface area (Å²) in [4.78, 5) is 51.6. The molecule has 4 atom stereocenters. The molecule has 8 saturated carbocycles. The molecule has 4 unspecified atom stereocenters. The molecular weight excluding hydrogens is 448 g/mol. The normalized spacial score (nSPS) is 46.1. The van der Waals surface area contributed by atoms with E-state index < -0.39 is 45.9 Å². The quantitative estimate of drug-likeness (QED) is 0.242. The Hall–Kier alpha value is -2.44. The standard InChI is InChI=1S/C28H34O7/c1-3-21(29)34-27-11-17-5-18(12-27)8-25(7-17,15-27)23(31)33-24(32)26-9-19-6-20(10-26)14-28(13-19,16-26)35-22(30)4-2/h3-4,17-20H,1-2,5-16H2. The first-order chi connectivity index (χ1) is 16.6. The van der Waals surface area contributed by atoms with Crippen molar-refractivity contribution in [2.75, 3.05) is 0 Å². The molecule has 0 aliphatic heterocycles. The van der Waals surface area contributed by atoms with E-state index in [9.17, 15) is 19.2 Å². The molecule has 7 nitrogen and oxygen atoms in total. The molecule has 0 aromatic heterocycles. The van der Waals surface area contributed by atoms with E-state index in [4.69, 9.17) is 14.2 Å². The molecule has 35 heavy (non-hydrogen) atoms. The molecule has 0 saturated heterocycles. The van der Waals surface area contributed by atoms with E-state index in [1.54, 1.807) is 0 Å². The van der Waals surface area contributed by atoms with E-state index in [0.29, 0.717) is 38.5 Å². The maximum Gasteiger partial charge on any atom is 0.330 e. The van der Waals surface area contributed by atoms with Crippen LogP contribution >= 0.6 is 0 Å². The first-order valence-electron chi connectivity index (χ1n) is 13.1. The molecule has 0 radical (unpaired) electrons. The second-order valence-corrected chi connectivity index (χ2v) is 12.8. The molecule has 8 fully saturated rings. The Morgan fingerprint density at radius 2 is 0.943 bits per heavy atom. The van der Waals surface area contributed by atoms with Crippen LogP contribution in [0.3, 0.4) is 0 Å². The van der Waals surface area contributed by atoms with Crippen molar-refractivity contribution in [3.8, 4) is 0 Å². The summed E-state index contributed by atoms with van der Waals surface area (Å²) in [5.41, 5.74) is -2.89. The lowest BCUT2D eigenvalue weighted by Crippen LogP contribution is -2.62. The Kier molecular flexibility index (Phi) is 4.95. The van der Waals surface area contributed by atoms with Gasteiger partial charge >= 0.3 is 23.9 Å². The van der Waals surface area contributed by atoms with Gasteiger partial charge < -0.3 is 14.2 Å². The molecule has 0 aromatic carbocycles. The second kappa shape index (κ2) is 7.53. The van der Waals surface area contributed by atoms with Crippen LogP contribution in [0.25, 0.3) is 0 Å². The average Bonchev–Trinajstić information content (AvgIpc) is 2.76. The third kappa shape index (κ3) is 3.60. The number of esters is 4. The fraction of sp³-hybridized carbons (Fsp3) is 0.714. The largest absolute Gasteiger partial charge is 0.456 e. The summed E-state index contributed by atoms with van der Waals surface area (Å²) in [7, 11) is 0. The summed E-state index contributed by atoms with van der Waals surface area (Å²) in [6, 6.07) is 0. The zero-order valence-corrected chi connectivity index (χ0v) is 20.2. The summed E-state index contributed by atoms with van der Waals surface area (Å²) in [6.07, 6.45) is 11.0. The van der Waals surface area contributed by atoms with Gasteiger partial charge in [-0.25, -0.2) is 9.59 Å². The van der Waals surface area contributed by atoms with Crippen molar-refractivity contribution in [2.24, 2.45) is 34.5 Å². The monoisotopic (exact) mass is 482 g/mol. The van der Waals surface area contributed by atoms with Gasteiger partial charge in [0.1, 0.15) is 11.2 Å². The van der Waals surface area contributed by atoms with Crippen LogP contribution in [0.4, 0.5) is 0 Å². The first-order valence-corrected chi connectivity index (χ1v) is 13.1. The minimum absolute atomic E-state index is 0.289. The number of hydrogen-bond acceptors (Lipinski definition) is 7. The third-order valence-corrected chi connectivity index (χ3v) is 10.0. The fourth-order valence-electron chi connectivity index (χ4n) is 9.88. The van der Waals surface area contributed by atoms with E-state index in [1.165, 1.54) is 12.2 Å². The Labute approximate surface area is 205 Å². The molecule has 8 aliphatic rings. The minimum Gasteiger partial charge on any atom is -0.456 e. The van der Waals surface area contributed by atoms with Crippen LogP contribution in [-0.2, 0) is 33.4 Å². The minimum atomic E-state index is -0.781. The summed E-state index contributed by atoms with van der Waals surface area (Å²) in [5.74, 6) is -0.670. The van der Waals surface area contributed by atoms with Crippen LogP contribution < -0.4 is 0 Å². The summed E-state index contributed by atoms with van der Waals surface area (Å²) < 4.78 is 17.4. The van der Waals surface area contributed by atoms with Gasteiger partial charge in [0.05, 0.1) is 10.8 Å². The van der Waals surface area contributed by atoms with Gasteiger partial charge in [0.25, 0.3) is 0 Å². The zero-order chi connectivity index (χ0) is 24.6. The Morgan fingerprint density at radius 3 is 1.26 bits per heavy atom. The van der Waals surface area contributed by atoms with Crippen molar-refractivity contribution in [3.05, 3.63) is 25.3 Å². The molecule has 7 heteroatoms. The van der Waals surface area contributed by atoms with Crippen molar-refractivity contribution < 1.29 is 33.4 Å². The third-order valence-electron chi connectivity index (χ3n) is 10.0. The van der Waals surface area contributed by atoms with Crippen LogP contribution in [0.15, 0.2) is 25.3 Å². The number of carbonyl (C=O) groups is 4. The predicted molar refractivity (Wildman–Crippen MR) is 123 cm³/mol. The topological polar surface area (TPSA) is 96.0 Å². The Bertz CT molecular complexity index is 916. The molecule has 0 N–H and O–H groups in total. The van der Waals surface area contributed by atoms with Crippen LogP contribution in [0.5, 0.6) is 0 Å². The Morgan fingerprint density at radius 1 is 0.600 bits per heavy atom. The molecular formula is C28H34O7. The average molecular weight is 483 g/mol. The van der Waals surface area contributed by atoms with Gasteiger partial charge in [0, 0.05) is 25.0 Å². The highest BCUT2D eigenvalue weighted by atomic mass is 16.6. The van der Waals surface area contributed by atoms with Gasteiger partial charge in [-0.15, -0.1) is 0 Å². The molecule has 0 heterocycles. The molecule has 0 spiro atoms. The molecule has 8 aliphatic carbocycles. The van der Waals surface area contributed by atoms with E-state index in [-0.39, 0.29) is 23.7 Å². The fourth-order valence-corrected chi connectivity index (χ4v) is 9.88. The lowest BCUT2D eigenvalue weighted by molar-refractivity contribution is -0.221. The van der Waals surface area contributed by atoms with Crippen molar-refractivity contribution in [2.45, 2.75) is 88.3 Å². The lowest BCUT2D eigenvalue weighted by atomic mass is 9.47. The van der Waals surface area contributed by atoms with Gasteiger partial charge in [0.15, 0.2) is 0 Å². The SMILES string of the molecule is C=CC(=O)OC12CC3CC(C1)CC(C(=O)OC(=O)C14CC5CC(CC(OC(=O)C=C)(C5)C1)C4)(C3)C2. The number of hydrogen-bond donors (Lipinski definition) is 0. The van der Waals surface area contributed by atoms with Gasteiger partial charge in [-0.1, -0.05) is 13.2 Å². The highest BCUT2D eigenvalue weighted by Gasteiger charge is 2.66. The molecule has 8 bridgehead atoms. The maximum atomic E-state index is 13.7. The van der Waals surface area contributed by atoms with Crippen molar-refractivity contribution in [1.29, 1.82) is 0 Å². The van der Waals surface area contributed by atoms with Gasteiger partial charge in [-0.3, -0.25) is 9.59 Å². The van der Waals surface area contributed by atoms with Gasteiger partial charge in [-0.05, 0) is 87.9 Å². The second-order valence-electron chi connectivity index (χ2n) is 12.8. The molecule has 0 aromatic rings. The Balaban J connectivity index is 1.22. The van der Waals surface area contributed by atoms with Crippen LogP contribution in [0.1, 0.15) is 77.0 Å². The molecule has 8 rings (SSSR count). The van der Waals surface area contributed by atoms with E-state index in [0.717, 1.165) is 38.5 Å². The van der Waals surface area contributed by atoms with Crippen LogP contribution in [0, 0.1) is 34.5 Å². The van der Waals surface area contributed by atoms with E-state index in [1.807, 2.05) is 0 Å². The number of carbonyl (C=O) groups excluding carboxylic acids is 4. The lowest BCUT2D eigenvalue weighted by Gasteiger charge is -2.60. The summed E-state index contributed by atoms with van der Waals surface area (Å²) in [5, 5.41) is 0. The van der Waals surface area contributed by atoms with Crippen molar-refractivity contribution in [1.82, 2.24) is 0 Å². The van der Waals surface area contributed by atoms with Crippen molar-refractivity contribution in [3.63, 3.8) is 0 Å². The highest BCUT2D eigenvalue weighted by Crippen LogP contribution is 2.65. The van der Waals surface area contributed by atoms with Crippen LogP contribution in [0.2, 0.25) is 0 Å². The molecule has 188 valence electrons. The first kappa shape index (κ1) is 23.0. The predicted octanol–water partition coefficient (Wildman–Crippen LogP) is 4.19. The van der Waals surface area contributed by atoms with Gasteiger partial charge in [-0.2, -0.15) is 0 Å². The van der Waals surface area contributed by atoms with Gasteiger partial charge in [0.2, 0.25) is 0 Å². The molecule has 0 amide bonds. The maximum absolute atomic E-state index is 13.7. The smallest absolute Gasteiger partial charge is 0.330 e. The highest BCUT2D eigenvalue weighted by molar-refractivity contribution is 5.92. The van der Waals surface area contributed by atoms with E-state index in [2.05, 4.69) is 13.2 Å². The summed E-state index contributed by atoms with van der Waals surface area (Å²) >= 11 is 0. The summed E-state index contributed by atoms with van der Waals surface area (Å²) in [6.45, 7) is 7.04. The number of rotatable bonds is 6. The van der Waals surface area contributed by atoms with Crippen LogP contribution in [-0.4, -0.2) is 35.1 Å². The van der Waals surface area contributed by atoms with E-state index >= 15 is 0 Å².